The van der Waals surface area contributed by atoms with Crippen LogP contribution in [0.5, 0.6) is 0 Å². The van der Waals surface area contributed by atoms with Crippen LogP contribution in [0.4, 0.5) is 5.82 Å². The summed E-state index contributed by atoms with van der Waals surface area (Å²) < 4.78 is 0. The van der Waals surface area contributed by atoms with Crippen molar-refractivity contribution in [2.75, 3.05) is 18.5 Å². The molecule has 90 valence electrons. The summed E-state index contributed by atoms with van der Waals surface area (Å²) in [7, 11) is 2.00. The van der Waals surface area contributed by atoms with Crippen LogP contribution in [0, 0.1) is 0 Å². The van der Waals surface area contributed by atoms with Crippen LogP contribution >= 0.6 is 0 Å². The quantitative estimate of drug-likeness (QED) is 0.876. The van der Waals surface area contributed by atoms with Crippen LogP contribution in [0.3, 0.4) is 0 Å². The highest BCUT2D eigenvalue weighted by Crippen LogP contribution is 2.17. The molecule has 1 N–H and O–H groups in total. The van der Waals surface area contributed by atoms with Crippen LogP contribution < -0.4 is 4.90 Å². The fraction of sp³-hybridized carbons (Fsp3) is 0.357. The number of hydrogen-bond acceptors (Lipinski definition) is 3. The van der Waals surface area contributed by atoms with Crippen LogP contribution in [0.2, 0.25) is 0 Å². The maximum Gasteiger partial charge on any atom is 0.128 e. The lowest BCUT2D eigenvalue weighted by atomic mass is 10.2. The molecule has 0 saturated heterocycles. The van der Waals surface area contributed by atoms with Crippen molar-refractivity contribution in [2.24, 2.45) is 0 Å². The molecule has 1 unspecified atom stereocenters. The lowest BCUT2D eigenvalue weighted by Gasteiger charge is -2.19. The van der Waals surface area contributed by atoms with Gasteiger partial charge in [0.1, 0.15) is 5.82 Å². The van der Waals surface area contributed by atoms with E-state index < -0.39 is 0 Å². The first-order valence-electron chi connectivity index (χ1n) is 5.92. The molecular weight excluding hydrogens is 212 g/mol. The average Bonchev–Trinajstić information content (AvgIpc) is 2.35. The van der Waals surface area contributed by atoms with Gasteiger partial charge in [-0.05, 0) is 31.5 Å². The van der Waals surface area contributed by atoms with E-state index in [4.69, 9.17) is 0 Å². The average molecular weight is 230 g/mol. The Balaban J connectivity index is 2.18. The van der Waals surface area contributed by atoms with Crippen molar-refractivity contribution in [1.82, 2.24) is 4.98 Å². The predicted octanol–water partition coefficient (Wildman–Crippen LogP) is 2.44. The number of pyridine rings is 1. The number of aliphatic hydroxyl groups is 1. The number of nitrogens with zero attached hydrogens (tertiary/aromatic N) is 2. The van der Waals surface area contributed by atoms with E-state index in [1.165, 1.54) is 0 Å². The molecule has 0 amide bonds. The van der Waals surface area contributed by atoms with E-state index in [1.807, 2.05) is 38.2 Å². The number of aromatic nitrogens is 1. The smallest absolute Gasteiger partial charge is 0.128 e. The van der Waals surface area contributed by atoms with Gasteiger partial charge >= 0.3 is 0 Å². The lowest BCUT2D eigenvalue weighted by Crippen LogP contribution is -2.22. The summed E-state index contributed by atoms with van der Waals surface area (Å²) in [6.45, 7) is 2.62. The fourth-order valence-corrected chi connectivity index (χ4v) is 1.76. The van der Waals surface area contributed by atoms with Crippen LogP contribution in [0.15, 0.2) is 36.4 Å². The molecule has 1 atom stereocenters. The molecule has 1 aromatic carbocycles. The molecule has 3 heteroatoms. The van der Waals surface area contributed by atoms with E-state index in [0.29, 0.717) is 0 Å². The zero-order chi connectivity index (χ0) is 12.3. The second kappa shape index (κ2) is 5.15. The minimum atomic E-state index is -0.266. The van der Waals surface area contributed by atoms with Gasteiger partial charge in [0, 0.05) is 19.0 Å². The standard InChI is InChI=1S/C14H18N2O/c1-11(17)9-10-16(2)14-8-7-12-5-3-4-6-13(12)15-14/h3-8,11,17H,9-10H2,1-2H3. The molecular formula is C14H18N2O. The van der Waals surface area contributed by atoms with Crippen molar-refractivity contribution in [3.8, 4) is 0 Å². The maximum atomic E-state index is 9.27. The molecule has 0 aliphatic rings. The van der Waals surface area contributed by atoms with Crippen molar-refractivity contribution in [2.45, 2.75) is 19.4 Å². The van der Waals surface area contributed by atoms with Crippen LogP contribution in [-0.4, -0.2) is 29.8 Å². The molecule has 0 saturated carbocycles. The van der Waals surface area contributed by atoms with Gasteiger partial charge in [0.25, 0.3) is 0 Å². The highest BCUT2D eigenvalue weighted by molar-refractivity contribution is 5.80. The normalized spacial score (nSPS) is 12.6. The predicted molar refractivity (Wildman–Crippen MR) is 71.3 cm³/mol. The largest absolute Gasteiger partial charge is 0.393 e. The van der Waals surface area contributed by atoms with Gasteiger partial charge in [-0.15, -0.1) is 0 Å². The first-order chi connectivity index (χ1) is 8.16. The monoisotopic (exact) mass is 230 g/mol. The summed E-state index contributed by atoms with van der Waals surface area (Å²) in [4.78, 5) is 6.67. The van der Waals surface area contributed by atoms with E-state index >= 15 is 0 Å². The van der Waals surface area contributed by atoms with E-state index in [1.54, 1.807) is 0 Å². The van der Waals surface area contributed by atoms with Gasteiger partial charge in [-0.25, -0.2) is 4.98 Å². The number of rotatable bonds is 4. The summed E-state index contributed by atoms with van der Waals surface area (Å²) >= 11 is 0. The topological polar surface area (TPSA) is 36.4 Å². The van der Waals surface area contributed by atoms with E-state index in [2.05, 4.69) is 22.0 Å². The van der Waals surface area contributed by atoms with Crippen molar-refractivity contribution in [3.05, 3.63) is 36.4 Å². The summed E-state index contributed by atoms with van der Waals surface area (Å²) in [6.07, 6.45) is 0.489. The SMILES string of the molecule is CC(O)CCN(C)c1ccc2ccccc2n1. The zero-order valence-corrected chi connectivity index (χ0v) is 10.3. The minimum Gasteiger partial charge on any atom is -0.393 e. The Kier molecular flexibility index (Phi) is 3.59. The molecule has 0 radical (unpaired) electrons. The second-order valence-electron chi connectivity index (χ2n) is 4.42. The van der Waals surface area contributed by atoms with Crippen molar-refractivity contribution in [1.29, 1.82) is 0 Å². The van der Waals surface area contributed by atoms with Gasteiger partial charge < -0.3 is 10.0 Å². The Bertz CT molecular complexity index is 496. The van der Waals surface area contributed by atoms with Gasteiger partial charge in [0.15, 0.2) is 0 Å². The Labute approximate surface area is 102 Å². The highest BCUT2D eigenvalue weighted by atomic mass is 16.3. The first kappa shape index (κ1) is 11.9. The maximum absolute atomic E-state index is 9.27. The Morgan fingerprint density at radius 2 is 2.00 bits per heavy atom. The third-order valence-corrected chi connectivity index (χ3v) is 2.86. The molecule has 0 aliphatic carbocycles. The molecule has 0 bridgehead atoms. The van der Waals surface area contributed by atoms with Crippen LogP contribution in [0.1, 0.15) is 13.3 Å². The van der Waals surface area contributed by atoms with Crippen molar-refractivity contribution < 1.29 is 5.11 Å². The lowest BCUT2D eigenvalue weighted by molar-refractivity contribution is 0.187. The molecule has 0 aliphatic heterocycles. The van der Waals surface area contributed by atoms with Crippen LogP contribution in [0.25, 0.3) is 10.9 Å². The zero-order valence-electron chi connectivity index (χ0n) is 10.3. The van der Waals surface area contributed by atoms with Crippen molar-refractivity contribution >= 4 is 16.7 Å². The highest BCUT2D eigenvalue weighted by Gasteiger charge is 2.05. The number of fused-ring (bicyclic) bond motifs is 1. The molecule has 2 rings (SSSR count). The molecule has 1 heterocycles. The number of benzene rings is 1. The van der Waals surface area contributed by atoms with Gasteiger partial charge in [0.2, 0.25) is 0 Å². The van der Waals surface area contributed by atoms with Gasteiger partial charge in [0.05, 0.1) is 11.6 Å². The third-order valence-electron chi connectivity index (χ3n) is 2.86. The number of anilines is 1. The number of aliphatic hydroxyl groups excluding tert-OH is 1. The Morgan fingerprint density at radius 1 is 1.24 bits per heavy atom. The molecule has 17 heavy (non-hydrogen) atoms. The molecule has 1 aromatic heterocycles. The third kappa shape index (κ3) is 2.94. The van der Waals surface area contributed by atoms with Gasteiger partial charge in [-0.1, -0.05) is 18.2 Å². The second-order valence-corrected chi connectivity index (χ2v) is 4.42. The Hall–Kier alpha value is -1.61. The summed E-state index contributed by atoms with van der Waals surface area (Å²) in [6, 6.07) is 12.2. The molecule has 3 nitrogen and oxygen atoms in total. The summed E-state index contributed by atoms with van der Waals surface area (Å²) in [5, 5.41) is 10.4. The van der Waals surface area contributed by atoms with Crippen LogP contribution in [-0.2, 0) is 0 Å². The first-order valence-corrected chi connectivity index (χ1v) is 5.92. The number of para-hydroxylation sites is 1. The molecule has 0 fully saturated rings. The van der Waals surface area contributed by atoms with Gasteiger partial charge in [-0.2, -0.15) is 0 Å². The van der Waals surface area contributed by atoms with Gasteiger partial charge in [-0.3, -0.25) is 0 Å². The van der Waals surface area contributed by atoms with Crippen molar-refractivity contribution in [3.63, 3.8) is 0 Å². The summed E-state index contributed by atoms with van der Waals surface area (Å²) in [5.74, 6) is 0.948. The number of hydrogen-bond donors (Lipinski definition) is 1. The summed E-state index contributed by atoms with van der Waals surface area (Å²) in [5.41, 5.74) is 1.01. The Morgan fingerprint density at radius 3 is 2.76 bits per heavy atom. The van der Waals surface area contributed by atoms with E-state index in [-0.39, 0.29) is 6.10 Å². The fourth-order valence-electron chi connectivity index (χ4n) is 1.76. The minimum absolute atomic E-state index is 0.266. The van der Waals surface area contributed by atoms with E-state index in [9.17, 15) is 5.11 Å². The van der Waals surface area contributed by atoms with E-state index in [0.717, 1.165) is 29.7 Å². The molecule has 0 spiro atoms. The molecule has 2 aromatic rings.